The number of methoxy groups -OCH3 is 1. The van der Waals surface area contributed by atoms with E-state index in [2.05, 4.69) is 32.2 Å². The summed E-state index contributed by atoms with van der Waals surface area (Å²) in [5.41, 5.74) is 8.31. The van der Waals surface area contributed by atoms with Crippen LogP contribution in [-0.2, 0) is 0 Å². The highest BCUT2D eigenvalue weighted by molar-refractivity contribution is 9.10. The number of fused-ring (bicyclic) bond motifs is 1. The number of aromatic amines is 1. The van der Waals surface area contributed by atoms with Gasteiger partial charge in [0.25, 0.3) is 0 Å². The van der Waals surface area contributed by atoms with E-state index in [4.69, 9.17) is 15.2 Å². The Balaban J connectivity index is 1.95. The van der Waals surface area contributed by atoms with Crippen molar-refractivity contribution in [3.05, 3.63) is 75.3 Å². The van der Waals surface area contributed by atoms with E-state index in [-0.39, 0.29) is 17.3 Å². The van der Waals surface area contributed by atoms with Crippen molar-refractivity contribution in [1.82, 2.24) is 10.2 Å². The van der Waals surface area contributed by atoms with E-state index < -0.39 is 11.7 Å². The highest BCUT2D eigenvalue weighted by Gasteiger charge is 2.37. The molecule has 140 valence electrons. The summed E-state index contributed by atoms with van der Waals surface area (Å²) in [6.07, 6.45) is 0. The number of nitrogens with one attached hydrogen (secondary N) is 1. The number of hydrogen-bond acceptors (Lipinski definition) is 5. The minimum absolute atomic E-state index is 0.0906. The van der Waals surface area contributed by atoms with Crippen LogP contribution in [0.2, 0.25) is 0 Å². The summed E-state index contributed by atoms with van der Waals surface area (Å²) < 4.78 is 26.2. The standard InChI is InChI=1S/C20H14BrFN4O2/c1-27-12-5-2-10(3-6-12)18-17-16(13-8-11(21)4-7-15(13)22)14(9-23)19(24)28-20(17)26-25-18/h2-8,16H,24H2,1H3,(H,25,26). The van der Waals surface area contributed by atoms with E-state index in [0.29, 0.717) is 27.0 Å². The number of H-pyrrole nitrogens is 1. The molecule has 0 radical (unpaired) electrons. The zero-order valence-electron chi connectivity index (χ0n) is 14.7. The van der Waals surface area contributed by atoms with Gasteiger partial charge in [0.15, 0.2) is 0 Å². The maximum Gasteiger partial charge on any atom is 0.244 e. The Labute approximate surface area is 168 Å². The third-order valence-electron chi connectivity index (χ3n) is 4.59. The molecule has 1 aliphatic rings. The zero-order valence-corrected chi connectivity index (χ0v) is 16.2. The van der Waals surface area contributed by atoms with E-state index in [9.17, 15) is 9.65 Å². The van der Waals surface area contributed by atoms with Crippen molar-refractivity contribution < 1.29 is 13.9 Å². The molecular formula is C20H14BrFN4O2. The lowest BCUT2D eigenvalue weighted by atomic mass is 9.83. The second-order valence-corrected chi connectivity index (χ2v) is 7.05. The summed E-state index contributed by atoms with van der Waals surface area (Å²) in [5.74, 6) is -0.394. The van der Waals surface area contributed by atoms with Crippen molar-refractivity contribution in [3.8, 4) is 29.0 Å². The monoisotopic (exact) mass is 440 g/mol. The molecule has 3 aromatic rings. The van der Waals surface area contributed by atoms with E-state index in [1.165, 1.54) is 6.07 Å². The van der Waals surface area contributed by atoms with E-state index >= 15 is 0 Å². The summed E-state index contributed by atoms with van der Waals surface area (Å²) in [5, 5.41) is 16.8. The second kappa shape index (κ2) is 7.02. The largest absolute Gasteiger partial charge is 0.497 e. The van der Waals surface area contributed by atoms with Crippen LogP contribution in [0.25, 0.3) is 11.3 Å². The molecule has 1 unspecified atom stereocenters. The summed E-state index contributed by atoms with van der Waals surface area (Å²) in [7, 11) is 1.58. The number of ether oxygens (including phenoxy) is 2. The number of hydrogen-bond donors (Lipinski definition) is 2. The molecule has 1 atom stereocenters. The Hall–Kier alpha value is -3.31. The van der Waals surface area contributed by atoms with Crippen molar-refractivity contribution in [3.63, 3.8) is 0 Å². The molecule has 2 heterocycles. The lowest BCUT2D eigenvalue weighted by Gasteiger charge is -2.24. The van der Waals surface area contributed by atoms with Gasteiger partial charge in [0.05, 0.1) is 24.3 Å². The fraction of sp³-hybridized carbons (Fsp3) is 0.100. The lowest BCUT2D eigenvalue weighted by molar-refractivity contribution is 0.378. The molecule has 3 N–H and O–H groups in total. The molecule has 0 aliphatic carbocycles. The third-order valence-corrected chi connectivity index (χ3v) is 5.08. The molecule has 0 saturated heterocycles. The molecule has 8 heteroatoms. The number of halogens is 2. The highest BCUT2D eigenvalue weighted by atomic mass is 79.9. The van der Waals surface area contributed by atoms with Gasteiger partial charge in [-0.05, 0) is 42.5 Å². The van der Waals surface area contributed by atoms with Crippen LogP contribution in [0.4, 0.5) is 4.39 Å². The smallest absolute Gasteiger partial charge is 0.244 e. The number of nitriles is 1. The van der Waals surface area contributed by atoms with Crippen molar-refractivity contribution in [1.29, 1.82) is 5.26 Å². The number of allylic oxidation sites excluding steroid dienone is 1. The van der Waals surface area contributed by atoms with Gasteiger partial charge in [-0.3, -0.25) is 5.10 Å². The van der Waals surface area contributed by atoms with E-state index in [1.54, 1.807) is 31.4 Å². The fourth-order valence-electron chi connectivity index (χ4n) is 3.27. The van der Waals surface area contributed by atoms with Gasteiger partial charge in [-0.1, -0.05) is 15.9 Å². The van der Waals surface area contributed by atoms with Crippen LogP contribution in [0.15, 0.2) is 58.4 Å². The maximum atomic E-state index is 14.7. The summed E-state index contributed by atoms with van der Waals surface area (Å²) >= 11 is 3.36. The first-order chi connectivity index (χ1) is 13.5. The summed E-state index contributed by atoms with van der Waals surface area (Å²) in [6, 6.07) is 13.9. The lowest BCUT2D eigenvalue weighted by Crippen LogP contribution is -2.21. The van der Waals surface area contributed by atoms with Crippen molar-refractivity contribution in [2.75, 3.05) is 7.11 Å². The first-order valence-electron chi connectivity index (χ1n) is 8.28. The average molecular weight is 441 g/mol. The predicted molar refractivity (Wildman–Crippen MR) is 104 cm³/mol. The first-order valence-corrected chi connectivity index (χ1v) is 9.08. The van der Waals surface area contributed by atoms with Gasteiger partial charge in [0, 0.05) is 15.6 Å². The number of nitrogens with two attached hydrogens (primary N) is 1. The van der Waals surface area contributed by atoms with Crippen molar-refractivity contribution >= 4 is 15.9 Å². The average Bonchev–Trinajstić information content (AvgIpc) is 3.12. The van der Waals surface area contributed by atoms with Gasteiger partial charge in [-0.25, -0.2) is 4.39 Å². The summed E-state index contributed by atoms with van der Waals surface area (Å²) in [4.78, 5) is 0. The Morgan fingerprint density at radius 3 is 2.71 bits per heavy atom. The molecule has 4 rings (SSSR count). The number of rotatable bonds is 3. The Kier molecular flexibility index (Phi) is 4.53. The Bertz CT molecular complexity index is 1130. The molecule has 28 heavy (non-hydrogen) atoms. The Morgan fingerprint density at radius 2 is 2.04 bits per heavy atom. The van der Waals surface area contributed by atoms with Crippen LogP contribution in [-0.4, -0.2) is 17.3 Å². The molecule has 1 aromatic heterocycles. The van der Waals surface area contributed by atoms with Gasteiger partial charge in [0.1, 0.15) is 23.2 Å². The molecule has 0 spiro atoms. The van der Waals surface area contributed by atoms with E-state index in [0.717, 1.165) is 5.56 Å². The minimum Gasteiger partial charge on any atom is -0.497 e. The number of aromatic nitrogens is 2. The molecule has 0 fully saturated rings. The van der Waals surface area contributed by atoms with Crippen LogP contribution >= 0.6 is 15.9 Å². The van der Waals surface area contributed by atoms with Gasteiger partial charge in [-0.15, -0.1) is 5.10 Å². The zero-order chi connectivity index (χ0) is 19.8. The van der Waals surface area contributed by atoms with Gasteiger partial charge >= 0.3 is 0 Å². The third kappa shape index (κ3) is 2.90. The molecule has 6 nitrogen and oxygen atoms in total. The van der Waals surface area contributed by atoms with Gasteiger partial charge in [-0.2, -0.15) is 5.26 Å². The van der Waals surface area contributed by atoms with Crippen LogP contribution in [0.1, 0.15) is 17.0 Å². The summed E-state index contributed by atoms with van der Waals surface area (Å²) in [6.45, 7) is 0. The quantitative estimate of drug-likeness (QED) is 0.635. The Morgan fingerprint density at radius 1 is 1.29 bits per heavy atom. The van der Waals surface area contributed by atoms with E-state index in [1.807, 2.05) is 12.1 Å². The van der Waals surface area contributed by atoms with Crippen molar-refractivity contribution in [2.45, 2.75) is 5.92 Å². The van der Waals surface area contributed by atoms with Gasteiger partial charge < -0.3 is 15.2 Å². The molecular weight excluding hydrogens is 427 g/mol. The molecule has 1 aliphatic heterocycles. The first kappa shape index (κ1) is 18.1. The normalized spacial score (nSPS) is 15.6. The molecule has 0 amide bonds. The second-order valence-electron chi connectivity index (χ2n) is 6.14. The van der Waals surface area contributed by atoms with Crippen LogP contribution < -0.4 is 15.2 Å². The topological polar surface area (TPSA) is 97.0 Å². The van der Waals surface area contributed by atoms with Crippen LogP contribution in [0.5, 0.6) is 11.6 Å². The van der Waals surface area contributed by atoms with Crippen LogP contribution in [0.3, 0.4) is 0 Å². The highest BCUT2D eigenvalue weighted by Crippen LogP contribution is 2.46. The number of nitrogens with zero attached hydrogens (tertiary/aromatic N) is 2. The molecule has 2 aromatic carbocycles. The minimum atomic E-state index is -0.762. The van der Waals surface area contributed by atoms with Crippen LogP contribution in [0, 0.1) is 17.1 Å². The number of benzene rings is 2. The van der Waals surface area contributed by atoms with Crippen molar-refractivity contribution in [2.24, 2.45) is 5.73 Å². The van der Waals surface area contributed by atoms with Gasteiger partial charge in [0.2, 0.25) is 11.8 Å². The predicted octanol–water partition coefficient (Wildman–Crippen LogP) is 4.21. The SMILES string of the molecule is COc1ccc(-c2[nH]nc3c2C(c2cc(Br)ccc2F)C(C#N)=C(N)O3)cc1. The maximum absolute atomic E-state index is 14.7. The molecule has 0 saturated carbocycles. The molecule has 0 bridgehead atoms. The fourth-order valence-corrected chi connectivity index (χ4v) is 3.65.